The minimum Gasteiger partial charge on any atom is -0.391 e. The monoisotopic (exact) mass is 1010 g/mol. The van der Waals surface area contributed by atoms with Crippen LogP contribution in [-0.2, 0) is 27.1 Å². The number of aromatic amines is 1. The number of rotatable bonds is 14. The molecule has 15 nitrogen and oxygen atoms in total. The van der Waals surface area contributed by atoms with Crippen molar-refractivity contribution in [3.8, 4) is 21.6 Å². The van der Waals surface area contributed by atoms with Crippen LogP contribution in [0.15, 0.2) is 83.2 Å². The Kier molecular flexibility index (Phi) is 15.9. The lowest BCUT2D eigenvalue weighted by atomic mass is 9.76. The Morgan fingerprint density at radius 3 is 2.22 bits per heavy atom. The van der Waals surface area contributed by atoms with Gasteiger partial charge >= 0.3 is 6.18 Å². The van der Waals surface area contributed by atoms with Crippen LogP contribution in [0.1, 0.15) is 85.0 Å². The molecule has 5 atom stereocenters. The van der Waals surface area contributed by atoms with Crippen molar-refractivity contribution in [3.05, 3.63) is 123 Å². The van der Waals surface area contributed by atoms with E-state index in [4.69, 9.17) is 0 Å². The molecule has 0 radical (unpaired) electrons. The molecule has 2 aliphatic rings. The van der Waals surface area contributed by atoms with Gasteiger partial charge in [-0.15, -0.1) is 11.3 Å². The largest absolute Gasteiger partial charge is 0.417 e. The number of likely N-dealkylation sites (tertiary alicyclic amines) is 1. The van der Waals surface area contributed by atoms with E-state index in [-0.39, 0.29) is 60.4 Å². The summed E-state index contributed by atoms with van der Waals surface area (Å²) in [4.78, 5) is 93.4. The zero-order valence-corrected chi connectivity index (χ0v) is 41.8. The van der Waals surface area contributed by atoms with Crippen molar-refractivity contribution in [2.24, 2.45) is 11.3 Å². The van der Waals surface area contributed by atoms with Gasteiger partial charge in [0.1, 0.15) is 11.9 Å². The first-order valence-electron chi connectivity index (χ1n) is 23.5. The molecule has 4 amide bonds. The Bertz CT molecular complexity index is 2910. The molecule has 20 heteroatoms. The molecule has 2 fully saturated rings. The lowest BCUT2D eigenvalue weighted by Gasteiger charge is -2.44. The van der Waals surface area contributed by atoms with E-state index in [1.807, 2.05) is 57.0 Å². The number of aliphatic hydroxyl groups is 1. The van der Waals surface area contributed by atoms with Crippen LogP contribution in [0.4, 0.5) is 28.9 Å². The number of likely N-dealkylation sites (N-methyl/N-ethyl adjacent to an activating group) is 1. The van der Waals surface area contributed by atoms with Crippen molar-refractivity contribution in [2.75, 3.05) is 43.4 Å². The average molecular weight is 1020 g/mol. The molecule has 2 saturated heterocycles. The number of pyridine rings is 1. The normalized spacial score (nSPS) is 18.9. The summed E-state index contributed by atoms with van der Waals surface area (Å²) in [6.45, 7) is 11.8. The van der Waals surface area contributed by atoms with Gasteiger partial charge in [0.05, 0.1) is 51.2 Å². The number of nitrogens with one attached hydrogen (secondary N) is 4. The molecule has 72 heavy (non-hydrogen) atoms. The SMILES string of the molecule is Cc1ncsc1-c1ccc(CNC(=O)[C@H]2C[C@H](O)CN2C(=O)[C@@H](CC(=O)CNC(=O)c2ccc(F)c(-c3ccc(N4C[C@@H](C)N(C)[C@@H](C)C4)c(NC(=O)c4c[nH]c(=O)cc4C(F)(F)F)c3)c2)C(C)(C)C)cc1. The van der Waals surface area contributed by atoms with E-state index >= 15 is 4.39 Å². The number of carbonyl (C=O) groups is 5. The third-order valence-electron chi connectivity index (χ3n) is 13.5. The topological polar surface area (TPSA) is 197 Å². The number of alkyl halides is 3. The number of piperazine rings is 1. The van der Waals surface area contributed by atoms with E-state index in [1.54, 1.807) is 38.4 Å². The van der Waals surface area contributed by atoms with Gasteiger partial charge < -0.3 is 35.8 Å². The molecule has 0 bridgehead atoms. The summed E-state index contributed by atoms with van der Waals surface area (Å²) in [6.07, 6.45) is -5.62. The van der Waals surface area contributed by atoms with E-state index in [0.717, 1.165) is 27.8 Å². The summed E-state index contributed by atoms with van der Waals surface area (Å²) in [5, 5.41) is 18.7. The zero-order valence-electron chi connectivity index (χ0n) is 40.9. The van der Waals surface area contributed by atoms with Gasteiger partial charge in [-0.1, -0.05) is 51.1 Å². The summed E-state index contributed by atoms with van der Waals surface area (Å²) in [7, 11) is 1.97. The molecule has 7 rings (SSSR count). The third kappa shape index (κ3) is 12.1. The first-order chi connectivity index (χ1) is 33.9. The highest BCUT2D eigenvalue weighted by Crippen LogP contribution is 2.38. The maximum Gasteiger partial charge on any atom is 0.417 e. The van der Waals surface area contributed by atoms with Crippen LogP contribution >= 0.6 is 11.3 Å². The van der Waals surface area contributed by atoms with E-state index in [1.165, 1.54) is 34.4 Å². The molecular formula is C52H58F4N8O7S. The van der Waals surface area contributed by atoms with Crippen molar-refractivity contribution < 1.29 is 46.6 Å². The molecule has 0 unspecified atom stereocenters. The number of benzene rings is 3. The molecule has 2 aromatic heterocycles. The second kappa shape index (κ2) is 21.5. The number of thiazole rings is 1. The summed E-state index contributed by atoms with van der Waals surface area (Å²) in [5.74, 6) is -5.09. The van der Waals surface area contributed by atoms with Gasteiger partial charge in [0.25, 0.3) is 11.8 Å². The van der Waals surface area contributed by atoms with Crippen LogP contribution in [0.25, 0.3) is 21.6 Å². The highest BCUT2D eigenvalue weighted by Gasteiger charge is 2.44. The van der Waals surface area contributed by atoms with E-state index in [2.05, 4.69) is 30.8 Å². The van der Waals surface area contributed by atoms with E-state index < -0.39 is 88.1 Å². The zero-order chi connectivity index (χ0) is 52.4. The number of amides is 4. The molecule has 0 aliphatic carbocycles. The lowest BCUT2D eigenvalue weighted by Crippen LogP contribution is -2.55. The lowest BCUT2D eigenvalue weighted by molar-refractivity contribution is -0.146. The molecule has 2 aliphatic heterocycles. The van der Waals surface area contributed by atoms with Crippen molar-refractivity contribution in [1.82, 2.24) is 30.4 Å². The number of H-pyrrole nitrogens is 1. The molecule has 4 heterocycles. The summed E-state index contributed by atoms with van der Waals surface area (Å²) >= 11 is 1.53. The number of aryl methyl sites for hydroxylation is 1. The number of β-amino-alcohol motifs (C(OH)–C–C–N with tert-alkyl or cyclic N) is 1. The smallest absolute Gasteiger partial charge is 0.391 e. The molecule has 5 aromatic rings. The summed E-state index contributed by atoms with van der Waals surface area (Å²) < 4.78 is 57.8. The van der Waals surface area contributed by atoms with Crippen LogP contribution < -0.4 is 26.4 Å². The predicted octanol–water partition coefficient (Wildman–Crippen LogP) is 7.04. The maximum atomic E-state index is 15.7. The Morgan fingerprint density at radius 1 is 0.903 bits per heavy atom. The third-order valence-corrected chi connectivity index (χ3v) is 14.5. The van der Waals surface area contributed by atoms with Gasteiger partial charge in [0.15, 0.2) is 5.78 Å². The van der Waals surface area contributed by atoms with Gasteiger partial charge in [0.2, 0.25) is 17.4 Å². The number of ketones is 1. The number of aromatic nitrogens is 2. The van der Waals surface area contributed by atoms with Gasteiger partial charge in [-0.2, -0.15) is 13.2 Å². The number of halogens is 4. The molecule has 5 N–H and O–H groups in total. The number of hydrogen-bond acceptors (Lipinski definition) is 11. The number of aliphatic hydroxyl groups excluding tert-OH is 1. The number of carbonyl (C=O) groups excluding carboxylic acids is 5. The van der Waals surface area contributed by atoms with Gasteiger partial charge in [-0.05, 0) is 80.3 Å². The van der Waals surface area contributed by atoms with E-state index in [9.17, 15) is 47.0 Å². The van der Waals surface area contributed by atoms with E-state index in [0.29, 0.717) is 31.0 Å². The fourth-order valence-corrected chi connectivity index (χ4v) is 9.97. The van der Waals surface area contributed by atoms with Crippen LogP contribution in [0.2, 0.25) is 0 Å². The van der Waals surface area contributed by atoms with Crippen LogP contribution in [0.3, 0.4) is 0 Å². The Labute approximate surface area is 418 Å². The molecule has 382 valence electrons. The van der Waals surface area contributed by atoms with Crippen molar-refractivity contribution >= 4 is 52.1 Å². The van der Waals surface area contributed by atoms with Crippen LogP contribution in [0, 0.1) is 24.1 Å². The number of nitrogens with zero attached hydrogens (tertiary/aromatic N) is 4. The Morgan fingerprint density at radius 2 is 1.58 bits per heavy atom. The van der Waals surface area contributed by atoms with Gasteiger partial charge in [0, 0.05) is 80.4 Å². The molecular weight excluding hydrogens is 957 g/mol. The van der Waals surface area contributed by atoms with Crippen molar-refractivity contribution in [2.45, 2.75) is 91.3 Å². The minimum absolute atomic E-state index is 0.0101. The fraction of sp³-hybridized carbons (Fsp3) is 0.404. The highest BCUT2D eigenvalue weighted by atomic mass is 32.1. The minimum atomic E-state index is -5.03. The second-order valence-electron chi connectivity index (χ2n) is 19.7. The second-order valence-corrected chi connectivity index (χ2v) is 20.5. The first kappa shape index (κ1) is 53.0. The Balaban J connectivity index is 1.04. The van der Waals surface area contributed by atoms with Crippen LogP contribution in [0.5, 0.6) is 0 Å². The van der Waals surface area contributed by atoms with Gasteiger partial charge in [-0.3, -0.25) is 33.7 Å². The first-order valence-corrected chi connectivity index (χ1v) is 24.3. The van der Waals surface area contributed by atoms with Crippen LogP contribution in [-0.4, -0.2) is 112 Å². The molecule has 0 spiro atoms. The summed E-state index contributed by atoms with van der Waals surface area (Å²) in [5.41, 5.74) is 0.910. The predicted molar refractivity (Wildman–Crippen MR) is 266 cm³/mol. The average Bonchev–Trinajstić information content (AvgIpc) is 3.95. The quantitative estimate of drug-likeness (QED) is 0.0720. The number of anilines is 2. The summed E-state index contributed by atoms with van der Waals surface area (Å²) in [6, 6.07) is 15.1. The van der Waals surface area contributed by atoms with Crippen molar-refractivity contribution in [3.63, 3.8) is 0 Å². The highest BCUT2D eigenvalue weighted by molar-refractivity contribution is 7.13. The standard InChI is InChI=1S/C52H58F4N8O7S/c1-28-24-63(25-29(2)62(28)7)43-15-13-33(17-42(43)61-48(69)38-23-57-45(67)20-39(38)52(54,55)56)37-16-34(12-14-41(37)53)47(68)59-22-35(65)18-40(51(4,5)6)50(71)64-26-36(66)19-44(64)49(70)58-21-31-8-10-32(11-9-31)46-30(3)60-27-72-46/h8-17,20,23,27-29,36,40,44,66H,18-19,21-22,24-26H2,1-7H3,(H,57,67)(H,58,70)(H,59,68)(H,61,69)/t28-,29+,36-,40+,44+/m0/s1. The Hall–Kier alpha value is -6.77. The van der Waals surface area contributed by atoms with Crippen molar-refractivity contribution in [1.29, 1.82) is 0 Å². The molecule has 3 aromatic carbocycles. The maximum absolute atomic E-state index is 15.7. The molecule has 0 saturated carbocycles. The van der Waals surface area contributed by atoms with Gasteiger partial charge in [-0.25, -0.2) is 9.37 Å². The number of hydrogen-bond donors (Lipinski definition) is 5. The number of Topliss-reactive ketones (excluding diaryl/α,β-unsaturated/α-hetero) is 1. The fourth-order valence-electron chi connectivity index (χ4n) is 9.16.